The first-order chi connectivity index (χ1) is 9.31. The van der Waals surface area contributed by atoms with Crippen molar-refractivity contribution in [1.82, 2.24) is 15.1 Å². The molecule has 8 heteroatoms. The zero-order valence-electron chi connectivity index (χ0n) is 12.6. The lowest BCUT2D eigenvalue weighted by Crippen LogP contribution is -2.50. The number of aliphatic imine (C=N–C) groups is 1. The summed E-state index contributed by atoms with van der Waals surface area (Å²) in [5.74, 6) is -0.474. The molecule has 0 aliphatic carbocycles. The van der Waals surface area contributed by atoms with E-state index in [4.69, 9.17) is 0 Å². The van der Waals surface area contributed by atoms with Crippen LogP contribution in [0, 0.1) is 5.41 Å². The summed E-state index contributed by atoms with van der Waals surface area (Å²) >= 11 is 0. The molecule has 1 unspecified atom stereocenters. The van der Waals surface area contributed by atoms with Crippen molar-refractivity contribution < 1.29 is 14.7 Å². The number of piperazine rings is 1. The second-order valence-electron chi connectivity index (χ2n) is 6.05. The van der Waals surface area contributed by atoms with Crippen molar-refractivity contribution in [1.29, 1.82) is 0 Å². The van der Waals surface area contributed by atoms with Crippen molar-refractivity contribution in [2.24, 2.45) is 10.4 Å². The van der Waals surface area contributed by atoms with Crippen LogP contribution in [0.2, 0.25) is 0 Å². The lowest BCUT2D eigenvalue weighted by Gasteiger charge is -2.31. The van der Waals surface area contributed by atoms with Gasteiger partial charge in [0.2, 0.25) is 11.9 Å². The summed E-state index contributed by atoms with van der Waals surface area (Å²) in [6, 6.07) is 0.256. The SMILES string of the molecule is CC(=O)N=C1N(CC(C)(C)C(=O)O)CC2CNCCN12.Cl. The highest BCUT2D eigenvalue weighted by Gasteiger charge is 2.41. The Kier molecular flexibility index (Phi) is 5.58. The molecule has 0 bridgehead atoms. The number of carbonyl (C=O) groups excluding carboxylic acids is 1. The molecule has 2 aliphatic rings. The highest BCUT2D eigenvalue weighted by Crippen LogP contribution is 2.24. The zero-order valence-corrected chi connectivity index (χ0v) is 13.4. The number of hydrogen-bond acceptors (Lipinski definition) is 3. The Bertz CT molecular complexity index is 453. The van der Waals surface area contributed by atoms with Crippen LogP contribution < -0.4 is 5.32 Å². The molecule has 2 rings (SSSR count). The van der Waals surface area contributed by atoms with Crippen LogP contribution in [0.25, 0.3) is 0 Å². The molecule has 0 aromatic heterocycles. The van der Waals surface area contributed by atoms with Crippen molar-refractivity contribution in [3.63, 3.8) is 0 Å². The molecule has 0 radical (unpaired) electrons. The van der Waals surface area contributed by atoms with Gasteiger partial charge >= 0.3 is 5.97 Å². The molecule has 1 atom stereocenters. The van der Waals surface area contributed by atoms with Crippen LogP contribution in [0.3, 0.4) is 0 Å². The van der Waals surface area contributed by atoms with Gasteiger partial charge in [-0.3, -0.25) is 9.59 Å². The van der Waals surface area contributed by atoms with Gasteiger partial charge in [0.05, 0.1) is 11.5 Å². The van der Waals surface area contributed by atoms with Gasteiger partial charge < -0.3 is 20.2 Å². The third-order valence-electron chi connectivity index (χ3n) is 3.74. The van der Waals surface area contributed by atoms with E-state index in [2.05, 4.69) is 15.2 Å². The summed E-state index contributed by atoms with van der Waals surface area (Å²) in [5, 5.41) is 12.6. The van der Waals surface area contributed by atoms with Gasteiger partial charge in [0.1, 0.15) is 0 Å². The smallest absolute Gasteiger partial charge is 0.310 e. The fraction of sp³-hybridized carbons (Fsp3) is 0.769. The number of carboxylic acids is 1. The first kappa shape index (κ1) is 17.7. The second kappa shape index (κ2) is 6.62. The number of nitrogens with one attached hydrogen (secondary N) is 1. The quantitative estimate of drug-likeness (QED) is 0.762. The summed E-state index contributed by atoms with van der Waals surface area (Å²) < 4.78 is 0. The van der Waals surface area contributed by atoms with E-state index in [1.54, 1.807) is 13.8 Å². The molecule has 2 saturated heterocycles. The average Bonchev–Trinajstić information content (AvgIpc) is 2.66. The summed E-state index contributed by atoms with van der Waals surface area (Å²) in [6.45, 7) is 8.33. The van der Waals surface area contributed by atoms with E-state index in [1.165, 1.54) is 6.92 Å². The minimum atomic E-state index is -0.875. The van der Waals surface area contributed by atoms with Crippen molar-refractivity contribution in [3.05, 3.63) is 0 Å². The zero-order chi connectivity index (χ0) is 14.9. The molecule has 0 aromatic rings. The van der Waals surface area contributed by atoms with Crippen LogP contribution in [0.4, 0.5) is 0 Å². The molecule has 2 fully saturated rings. The van der Waals surface area contributed by atoms with Crippen LogP contribution >= 0.6 is 12.4 Å². The Morgan fingerprint density at radius 2 is 2.14 bits per heavy atom. The number of aliphatic carboxylic acids is 1. The monoisotopic (exact) mass is 318 g/mol. The average molecular weight is 319 g/mol. The Morgan fingerprint density at radius 3 is 2.71 bits per heavy atom. The largest absolute Gasteiger partial charge is 0.481 e. The molecule has 7 nitrogen and oxygen atoms in total. The lowest BCUT2D eigenvalue weighted by molar-refractivity contribution is -0.147. The van der Waals surface area contributed by atoms with Gasteiger partial charge in [-0.15, -0.1) is 12.4 Å². The fourth-order valence-electron chi connectivity index (χ4n) is 2.66. The van der Waals surface area contributed by atoms with Crippen molar-refractivity contribution in [2.45, 2.75) is 26.8 Å². The van der Waals surface area contributed by atoms with E-state index in [1.807, 2.05) is 4.90 Å². The van der Waals surface area contributed by atoms with Crippen LogP contribution in [0.5, 0.6) is 0 Å². The van der Waals surface area contributed by atoms with Crippen LogP contribution in [0.15, 0.2) is 4.99 Å². The van der Waals surface area contributed by atoms with Gasteiger partial charge in [-0.25, -0.2) is 0 Å². The maximum Gasteiger partial charge on any atom is 0.310 e. The van der Waals surface area contributed by atoms with Gasteiger partial charge in [-0.2, -0.15) is 4.99 Å². The van der Waals surface area contributed by atoms with E-state index < -0.39 is 11.4 Å². The Labute approximate surface area is 130 Å². The number of carboxylic acid groups (broad SMARTS) is 1. The molecule has 2 N–H and O–H groups in total. The van der Waals surface area contributed by atoms with Gasteiger partial charge in [-0.05, 0) is 13.8 Å². The maximum atomic E-state index is 11.3. The Balaban J connectivity index is 0.00000220. The molecule has 120 valence electrons. The van der Waals surface area contributed by atoms with Crippen molar-refractivity contribution in [2.75, 3.05) is 32.7 Å². The molecule has 2 aliphatic heterocycles. The van der Waals surface area contributed by atoms with E-state index >= 15 is 0 Å². The third kappa shape index (κ3) is 3.85. The maximum absolute atomic E-state index is 11.3. The lowest BCUT2D eigenvalue weighted by atomic mass is 9.93. The van der Waals surface area contributed by atoms with E-state index in [0.29, 0.717) is 19.0 Å². The minimum absolute atomic E-state index is 0. The van der Waals surface area contributed by atoms with Crippen molar-refractivity contribution >= 4 is 30.2 Å². The molecule has 0 aromatic carbocycles. The number of halogens is 1. The van der Waals surface area contributed by atoms with E-state index in [-0.39, 0.29) is 24.4 Å². The van der Waals surface area contributed by atoms with Crippen LogP contribution in [-0.2, 0) is 9.59 Å². The van der Waals surface area contributed by atoms with Crippen LogP contribution in [0.1, 0.15) is 20.8 Å². The normalized spacial score (nSPS) is 23.8. The molecule has 0 spiro atoms. The fourth-order valence-corrected chi connectivity index (χ4v) is 2.66. The van der Waals surface area contributed by atoms with Gasteiger partial charge in [0, 0.05) is 39.6 Å². The molecule has 0 saturated carbocycles. The molecular formula is C13H23ClN4O3. The first-order valence-electron chi connectivity index (χ1n) is 6.86. The second-order valence-corrected chi connectivity index (χ2v) is 6.05. The standard InChI is InChI=1S/C13H22N4O3.ClH/c1-9(18)15-12-16(8-13(2,3)11(19)20)7-10-6-14-4-5-17(10)12;/h10,14H,4-8H2,1-3H3,(H,19,20);1H. The first-order valence-corrected chi connectivity index (χ1v) is 6.86. The summed E-state index contributed by atoms with van der Waals surface area (Å²) in [6.07, 6.45) is 0. The number of fused-ring (bicyclic) bond motifs is 1. The minimum Gasteiger partial charge on any atom is -0.481 e. The third-order valence-corrected chi connectivity index (χ3v) is 3.74. The van der Waals surface area contributed by atoms with E-state index in [9.17, 15) is 14.7 Å². The number of amides is 1. The van der Waals surface area contributed by atoms with Crippen molar-refractivity contribution in [3.8, 4) is 0 Å². The van der Waals surface area contributed by atoms with Gasteiger partial charge in [0.25, 0.3) is 0 Å². The summed E-state index contributed by atoms with van der Waals surface area (Å²) in [4.78, 5) is 30.8. The number of hydrogen-bond donors (Lipinski definition) is 2. The number of rotatable bonds is 3. The molecule has 2 heterocycles. The Morgan fingerprint density at radius 1 is 1.48 bits per heavy atom. The topological polar surface area (TPSA) is 85.2 Å². The molecule has 21 heavy (non-hydrogen) atoms. The number of carbonyl (C=O) groups is 2. The predicted octanol–water partition coefficient (Wildman–Crippen LogP) is 0.0109. The summed E-state index contributed by atoms with van der Waals surface area (Å²) in [7, 11) is 0. The van der Waals surface area contributed by atoms with Gasteiger partial charge in [-0.1, -0.05) is 0 Å². The predicted molar refractivity (Wildman–Crippen MR) is 81.7 cm³/mol. The highest BCUT2D eigenvalue weighted by molar-refractivity contribution is 5.94. The van der Waals surface area contributed by atoms with E-state index in [0.717, 1.165) is 19.6 Å². The molecular weight excluding hydrogens is 296 g/mol. The van der Waals surface area contributed by atoms with Crippen LogP contribution in [-0.4, -0.2) is 71.5 Å². The number of nitrogens with zero attached hydrogens (tertiary/aromatic N) is 3. The number of guanidine groups is 1. The molecule has 1 amide bonds. The Hall–Kier alpha value is -1.34. The highest BCUT2D eigenvalue weighted by atomic mass is 35.5. The van der Waals surface area contributed by atoms with Gasteiger partial charge in [0.15, 0.2) is 0 Å². The summed E-state index contributed by atoms with van der Waals surface area (Å²) in [5.41, 5.74) is -0.875.